The molecule has 1 saturated heterocycles. The molecule has 26 heavy (non-hydrogen) atoms. The van der Waals surface area contributed by atoms with Gasteiger partial charge in [0.15, 0.2) is 0 Å². The van der Waals surface area contributed by atoms with Crippen molar-refractivity contribution in [3.63, 3.8) is 0 Å². The van der Waals surface area contributed by atoms with Crippen LogP contribution in [0.2, 0.25) is 10.0 Å². The average Bonchev–Trinajstić information content (AvgIpc) is 3.04. The number of benzene rings is 2. The number of hydrogen-bond acceptors (Lipinski definition) is 3. The van der Waals surface area contributed by atoms with Gasteiger partial charge in [-0.3, -0.25) is 9.59 Å². The van der Waals surface area contributed by atoms with Crippen molar-refractivity contribution >= 4 is 52.1 Å². The first-order valence-corrected chi connectivity index (χ1v) is 9.12. The molecule has 136 valence electrons. The van der Waals surface area contributed by atoms with Crippen molar-refractivity contribution in [3.05, 3.63) is 52.5 Å². The summed E-state index contributed by atoms with van der Waals surface area (Å²) in [5.74, 6) is -0.0789. The molecular formula is C19H19Cl2N3O2. The Balaban J connectivity index is 1.62. The zero-order chi connectivity index (χ0) is 18.7. The van der Waals surface area contributed by atoms with Crippen LogP contribution in [0.15, 0.2) is 42.5 Å². The molecule has 5 nitrogen and oxygen atoms in total. The molecule has 1 fully saturated rings. The molecule has 1 aliphatic heterocycles. The van der Waals surface area contributed by atoms with Gasteiger partial charge in [0, 0.05) is 29.4 Å². The van der Waals surface area contributed by atoms with E-state index in [1.807, 2.05) is 24.3 Å². The maximum absolute atomic E-state index is 12.4. The minimum atomic E-state index is -0.482. The van der Waals surface area contributed by atoms with Crippen LogP contribution in [-0.4, -0.2) is 24.4 Å². The molecule has 0 unspecified atom stereocenters. The van der Waals surface area contributed by atoms with Crippen LogP contribution >= 0.6 is 23.2 Å². The van der Waals surface area contributed by atoms with Crippen LogP contribution in [0, 0.1) is 0 Å². The number of carbonyl (C=O) groups excluding carboxylic acids is 2. The third-order valence-corrected chi connectivity index (χ3v) is 4.78. The Kier molecular flexibility index (Phi) is 5.69. The summed E-state index contributed by atoms with van der Waals surface area (Å²) >= 11 is 12.0. The van der Waals surface area contributed by atoms with Crippen molar-refractivity contribution < 1.29 is 9.59 Å². The summed E-state index contributed by atoms with van der Waals surface area (Å²) in [6, 6.07) is 11.9. The van der Waals surface area contributed by atoms with E-state index in [-0.39, 0.29) is 11.8 Å². The van der Waals surface area contributed by atoms with Gasteiger partial charge in [-0.25, -0.2) is 0 Å². The lowest BCUT2D eigenvalue weighted by atomic mass is 10.2. The molecule has 0 aromatic heterocycles. The fourth-order valence-corrected chi connectivity index (χ4v) is 3.15. The van der Waals surface area contributed by atoms with E-state index < -0.39 is 6.04 Å². The summed E-state index contributed by atoms with van der Waals surface area (Å²) in [5.41, 5.74) is 2.14. The Morgan fingerprint density at radius 2 is 1.88 bits per heavy atom. The predicted molar refractivity (Wildman–Crippen MR) is 106 cm³/mol. The summed E-state index contributed by atoms with van der Waals surface area (Å²) in [7, 11) is 0. The smallest absolute Gasteiger partial charge is 0.246 e. The minimum Gasteiger partial charge on any atom is -0.374 e. The number of halogens is 2. The second-order valence-electron chi connectivity index (χ2n) is 6.18. The van der Waals surface area contributed by atoms with E-state index in [1.54, 1.807) is 30.0 Å². The standard InChI is InChI=1S/C19H19Cl2N3O2/c1-12(19(26)23-17-11-13(20)4-9-16(17)21)22-14-5-7-15(8-6-14)24-10-2-3-18(24)25/h4-9,11-12,22H,2-3,10H2,1H3,(H,23,26)/t12-/m1/s1. The first-order valence-electron chi connectivity index (χ1n) is 8.37. The SMILES string of the molecule is C[C@@H](Nc1ccc(N2CCCC2=O)cc1)C(=O)Nc1cc(Cl)ccc1Cl. The monoisotopic (exact) mass is 391 g/mol. The Morgan fingerprint density at radius 1 is 1.15 bits per heavy atom. The molecule has 0 spiro atoms. The quantitative estimate of drug-likeness (QED) is 0.784. The highest BCUT2D eigenvalue weighted by molar-refractivity contribution is 6.35. The molecule has 0 bridgehead atoms. The van der Waals surface area contributed by atoms with E-state index in [9.17, 15) is 9.59 Å². The molecule has 0 saturated carbocycles. The zero-order valence-electron chi connectivity index (χ0n) is 14.3. The van der Waals surface area contributed by atoms with Crippen molar-refractivity contribution in [2.45, 2.75) is 25.8 Å². The molecule has 7 heteroatoms. The third-order valence-electron chi connectivity index (χ3n) is 4.22. The number of anilines is 3. The average molecular weight is 392 g/mol. The van der Waals surface area contributed by atoms with Crippen molar-refractivity contribution in [3.8, 4) is 0 Å². The van der Waals surface area contributed by atoms with Crippen molar-refractivity contribution in [2.24, 2.45) is 0 Å². The molecule has 2 aromatic carbocycles. The number of nitrogens with zero attached hydrogens (tertiary/aromatic N) is 1. The molecule has 2 aromatic rings. The Morgan fingerprint density at radius 3 is 2.54 bits per heavy atom. The predicted octanol–water partition coefficient (Wildman–Crippen LogP) is 4.56. The maximum Gasteiger partial charge on any atom is 0.246 e. The van der Waals surface area contributed by atoms with E-state index in [2.05, 4.69) is 10.6 Å². The Hall–Kier alpha value is -2.24. The molecule has 0 aliphatic carbocycles. The molecule has 3 rings (SSSR count). The molecule has 2 N–H and O–H groups in total. The van der Waals surface area contributed by atoms with Crippen LogP contribution < -0.4 is 15.5 Å². The highest BCUT2D eigenvalue weighted by Crippen LogP contribution is 2.26. The fraction of sp³-hybridized carbons (Fsp3) is 0.263. The normalized spacial score (nSPS) is 15.0. The largest absolute Gasteiger partial charge is 0.374 e. The van der Waals surface area contributed by atoms with Gasteiger partial charge in [0.2, 0.25) is 11.8 Å². The summed E-state index contributed by atoms with van der Waals surface area (Å²) in [6.07, 6.45) is 1.49. The van der Waals surface area contributed by atoms with Crippen LogP contribution in [-0.2, 0) is 9.59 Å². The van der Waals surface area contributed by atoms with Gasteiger partial charge >= 0.3 is 0 Å². The fourth-order valence-electron chi connectivity index (χ4n) is 2.81. The lowest BCUT2D eigenvalue weighted by Gasteiger charge is -2.18. The van der Waals surface area contributed by atoms with E-state index in [0.717, 1.165) is 24.3 Å². The number of amides is 2. The molecular weight excluding hydrogens is 373 g/mol. The van der Waals surface area contributed by atoms with E-state index >= 15 is 0 Å². The van der Waals surface area contributed by atoms with Gasteiger partial charge in [-0.05, 0) is 55.8 Å². The maximum atomic E-state index is 12.4. The molecule has 1 aliphatic rings. The van der Waals surface area contributed by atoms with Crippen LogP contribution in [0.4, 0.5) is 17.1 Å². The number of carbonyl (C=O) groups is 2. The second-order valence-corrected chi connectivity index (χ2v) is 7.02. The molecule has 2 amide bonds. The van der Waals surface area contributed by atoms with Crippen LogP contribution in [0.5, 0.6) is 0 Å². The zero-order valence-corrected chi connectivity index (χ0v) is 15.8. The van der Waals surface area contributed by atoms with Crippen LogP contribution in [0.3, 0.4) is 0 Å². The second kappa shape index (κ2) is 7.98. The third kappa shape index (κ3) is 4.29. The number of nitrogens with one attached hydrogen (secondary N) is 2. The van der Waals surface area contributed by atoms with Gasteiger partial charge in [0.05, 0.1) is 10.7 Å². The van der Waals surface area contributed by atoms with Crippen molar-refractivity contribution in [2.75, 3.05) is 22.1 Å². The lowest BCUT2D eigenvalue weighted by molar-refractivity contribution is -0.117. The summed E-state index contributed by atoms with van der Waals surface area (Å²) in [4.78, 5) is 25.9. The van der Waals surface area contributed by atoms with Gasteiger partial charge in [0.1, 0.15) is 6.04 Å². The highest BCUT2D eigenvalue weighted by atomic mass is 35.5. The molecule has 0 radical (unpaired) electrons. The first kappa shape index (κ1) is 18.5. The van der Waals surface area contributed by atoms with Crippen LogP contribution in [0.1, 0.15) is 19.8 Å². The molecule has 1 heterocycles. The van der Waals surface area contributed by atoms with Crippen LogP contribution in [0.25, 0.3) is 0 Å². The number of rotatable bonds is 5. The summed E-state index contributed by atoms with van der Waals surface area (Å²) < 4.78 is 0. The number of hydrogen-bond donors (Lipinski definition) is 2. The Labute approximate surface area is 162 Å². The van der Waals surface area contributed by atoms with E-state index in [1.165, 1.54) is 0 Å². The van der Waals surface area contributed by atoms with Gasteiger partial charge in [-0.15, -0.1) is 0 Å². The minimum absolute atomic E-state index is 0.150. The van der Waals surface area contributed by atoms with E-state index in [4.69, 9.17) is 23.2 Å². The molecule has 1 atom stereocenters. The van der Waals surface area contributed by atoms with Crippen molar-refractivity contribution in [1.82, 2.24) is 0 Å². The van der Waals surface area contributed by atoms with Gasteiger partial charge in [-0.1, -0.05) is 23.2 Å². The lowest BCUT2D eigenvalue weighted by Crippen LogP contribution is -2.32. The highest BCUT2D eigenvalue weighted by Gasteiger charge is 2.21. The topological polar surface area (TPSA) is 61.4 Å². The first-order chi connectivity index (χ1) is 12.4. The van der Waals surface area contributed by atoms with Crippen molar-refractivity contribution in [1.29, 1.82) is 0 Å². The summed E-state index contributed by atoms with van der Waals surface area (Å²) in [5, 5.41) is 6.82. The van der Waals surface area contributed by atoms with E-state index in [0.29, 0.717) is 22.2 Å². The summed E-state index contributed by atoms with van der Waals surface area (Å²) in [6.45, 7) is 2.51. The van der Waals surface area contributed by atoms with Gasteiger partial charge in [0.25, 0.3) is 0 Å². The van der Waals surface area contributed by atoms with Gasteiger partial charge < -0.3 is 15.5 Å². The Bertz CT molecular complexity index is 824. The van der Waals surface area contributed by atoms with Gasteiger partial charge in [-0.2, -0.15) is 0 Å².